The highest BCUT2D eigenvalue weighted by molar-refractivity contribution is 5.76. The third-order valence-corrected chi connectivity index (χ3v) is 9.31. The summed E-state index contributed by atoms with van der Waals surface area (Å²) in [6.45, 7) is 16.5. The molecule has 4 rings (SSSR count). The van der Waals surface area contributed by atoms with Crippen LogP contribution < -0.4 is 15.4 Å². The number of unbranched alkanes of at least 4 members (excludes halogenated alkanes) is 1. The highest BCUT2D eigenvalue weighted by Gasteiger charge is 2.29. The molecule has 11 heteroatoms. The minimum Gasteiger partial charge on any atom is -0.478 e. The average Bonchev–Trinajstić information content (AvgIpc) is 3.61. The summed E-state index contributed by atoms with van der Waals surface area (Å²) >= 11 is 0. The number of benzene rings is 2. The van der Waals surface area contributed by atoms with Gasteiger partial charge in [-0.3, -0.25) is 9.59 Å². The monoisotopic (exact) mass is 725 g/mol. The first-order chi connectivity index (χ1) is 25.3. The number of nitrogens with zero attached hydrogens (tertiary/aromatic N) is 5. The van der Waals surface area contributed by atoms with Crippen LogP contribution in [0.25, 0.3) is 22.4 Å². The number of pyridine rings is 1. The summed E-state index contributed by atoms with van der Waals surface area (Å²) in [5.74, 6) is 1.47. The van der Waals surface area contributed by atoms with E-state index in [4.69, 9.17) is 14.5 Å². The molecule has 2 N–H and O–H groups in total. The number of aromatic nitrogens is 5. The molecule has 0 fully saturated rings. The second-order valence-corrected chi connectivity index (χ2v) is 15.5. The van der Waals surface area contributed by atoms with Gasteiger partial charge in [-0.1, -0.05) is 81.4 Å². The topological polar surface area (TPSA) is 133 Å². The van der Waals surface area contributed by atoms with Crippen molar-refractivity contribution >= 4 is 11.8 Å². The Morgan fingerprint density at radius 1 is 0.736 bits per heavy atom. The molecule has 286 valence electrons. The fourth-order valence-electron chi connectivity index (χ4n) is 6.39. The molecule has 0 atom stereocenters. The van der Waals surface area contributed by atoms with Gasteiger partial charge in [0.15, 0.2) is 5.82 Å². The number of aryl methyl sites for hydroxylation is 1. The molecule has 0 unspecified atom stereocenters. The van der Waals surface area contributed by atoms with Crippen LogP contribution in [0, 0.1) is 0 Å². The number of tetrazole rings is 1. The van der Waals surface area contributed by atoms with E-state index >= 15 is 0 Å². The summed E-state index contributed by atoms with van der Waals surface area (Å²) in [5, 5.41) is 18.5. The molecular weight excluding hydrogens is 667 g/mol. The summed E-state index contributed by atoms with van der Waals surface area (Å²) in [4.78, 5) is 29.1. The smallest absolute Gasteiger partial charge is 0.220 e. The van der Waals surface area contributed by atoms with Crippen LogP contribution >= 0.6 is 0 Å². The van der Waals surface area contributed by atoms with Gasteiger partial charge in [-0.15, -0.1) is 5.10 Å². The Labute approximate surface area is 315 Å². The second-order valence-electron chi connectivity index (χ2n) is 15.5. The van der Waals surface area contributed by atoms with Crippen LogP contribution in [-0.4, -0.2) is 67.9 Å². The standard InChI is InChI=1S/C42H59N7O4/c1-8-36(50)43-26-24-41(4,5)53-42(6,7)25-27-44-37(51)22-17-28-49-39(46-47-48-49)40(2,3)23-15-16-29-52-38-31-34(32-18-11-9-12-19-32)30-35(45-38)33-20-13-10-14-21-33/h9-14,18-21,30-31H,8,15-17,22-29H2,1-7H3,(H,43,50)(H,44,51). The lowest BCUT2D eigenvalue weighted by Gasteiger charge is -2.36. The van der Waals surface area contributed by atoms with Crippen molar-refractivity contribution in [1.29, 1.82) is 0 Å². The zero-order valence-electron chi connectivity index (χ0n) is 32.8. The van der Waals surface area contributed by atoms with E-state index in [9.17, 15) is 9.59 Å². The van der Waals surface area contributed by atoms with Gasteiger partial charge in [-0.25, -0.2) is 9.67 Å². The van der Waals surface area contributed by atoms with E-state index in [1.807, 2.05) is 81.8 Å². The Morgan fingerprint density at radius 3 is 2.00 bits per heavy atom. The largest absolute Gasteiger partial charge is 0.478 e. The molecule has 2 amide bonds. The fourth-order valence-corrected chi connectivity index (χ4v) is 6.39. The van der Waals surface area contributed by atoms with Crippen molar-refractivity contribution in [2.24, 2.45) is 0 Å². The van der Waals surface area contributed by atoms with Gasteiger partial charge >= 0.3 is 0 Å². The molecular formula is C42H59N7O4. The van der Waals surface area contributed by atoms with Crippen molar-refractivity contribution in [3.05, 3.63) is 78.6 Å². The summed E-state index contributed by atoms with van der Waals surface area (Å²) in [7, 11) is 0. The number of hydrogen-bond acceptors (Lipinski definition) is 8. The Bertz CT molecular complexity index is 1660. The van der Waals surface area contributed by atoms with Crippen molar-refractivity contribution in [3.8, 4) is 28.3 Å². The first-order valence-electron chi connectivity index (χ1n) is 19.0. The van der Waals surface area contributed by atoms with Crippen molar-refractivity contribution in [2.45, 2.75) is 123 Å². The molecule has 0 spiro atoms. The first kappa shape index (κ1) is 41.1. The number of hydrogen-bond donors (Lipinski definition) is 2. The average molecular weight is 726 g/mol. The SMILES string of the molecule is CCC(=O)NCCC(C)(C)OC(C)(C)CCNC(=O)CCCn1nnnc1C(C)(C)CCCCOc1cc(-c2ccccc2)cc(-c2ccccc2)n1. The Kier molecular flexibility index (Phi) is 15.1. The van der Waals surface area contributed by atoms with Crippen LogP contribution in [0.3, 0.4) is 0 Å². The van der Waals surface area contributed by atoms with E-state index in [1.54, 1.807) is 0 Å². The second kappa shape index (κ2) is 19.4. The maximum Gasteiger partial charge on any atom is 0.220 e. The fraction of sp³-hybridized carbons (Fsp3) is 0.524. The molecule has 0 radical (unpaired) electrons. The van der Waals surface area contributed by atoms with E-state index < -0.39 is 11.2 Å². The summed E-state index contributed by atoms with van der Waals surface area (Å²) < 4.78 is 14.4. The predicted octanol–water partition coefficient (Wildman–Crippen LogP) is 7.71. The minimum atomic E-state index is -0.430. The van der Waals surface area contributed by atoms with Gasteiger partial charge in [0, 0.05) is 49.5 Å². The molecule has 4 aromatic rings. The number of nitrogens with one attached hydrogen (secondary N) is 2. The van der Waals surface area contributed by atoms with Gasteiger partial charge in [0.25, 0.3) is 0 Å². The normalized spacial score (nSPS) is 12.1. The molecule has 2 heterocycles. The third-order valence-electron chi connectivity index (χ3n) is 9.31. The van der Waals surface area contributed by atoms with Gasteiger partial charge in [0.2, 0.25) is 17.7 Å². The summed E-state index contributed by atoms with van der Waals surface area (Å²) in [5.41, 5.74) is 3.04. The molecule has 0 aliphatic rings. The van der Waals surface area contributed by atoms with Gasteiger partial charge < -0.3 is 20.1 Å². The summed E-state index contributed by atoms with van der Waals surface area (Å²) in [6.07, 6.45) is 5.53. The zero-order valence-corrected chi connectivity index (χ0v) is 32.8. The molecule has 11 nitrogen and oxygen atoms in total. The van der Waals surface area contributed by atoms with Crippen LogP contribution in [0.1, 0.15) is 106 Å². The Balaban J connectivity index is 1.19. The van der Waals surface area contributed by atoms with E-state index in [1.165, 1.54) is 0 Å². The Morgan fingerprint density at radius 2 is 1.36 bits per heavy atom. The van der Waals surface area contributed by atoms with E-state index in [-0.39, 0.29) is 17.2 Å². The molecule has 2 aromatic carbocycles. The van der Waals surface area contributed by atoms with Gasteiger partial charge in [-0.05, 0) is 93.8 Å². The Hall–Kier alpha value is -4.64. The van der Waals surface area contributed by atoms with Crippen LogP contribution in [-0.2, 0) is 26.3 Å². The van der Waals surface area contributed by atoms with Crippen LogP contribution in [0.4, 0.5) is 0 Å². The highest BCUT2D eigenvalue weighted by atomic mass is 16.5. The van der Waals surface area contributed by atoms with E-state index in [2.05, 4.69) is 70.3 Å². The number of carbonyl (C=O) groups excluding carboxylic acids is 2. The van der Waals surface area contributed by atoms with Crippen LogP contribution in [0.5, 0.6) is 5.88 Å². The lowest BCUT2D eigenvalue weighted by atomic mass is 9.86. The number of rotatable bonds is 22. The number of ether oxygens (including phenoxy) is 2. The van der Waals surface area contributed by atoms with Gasteiger partial charge in [0.05, 0.1) is 23.5 Å². The molecule has 0 bridgehead atoms. The molecule has 0 aliphatic heterocycles. The number of amides is 2. The number of carbonyl (C=O) groups is 2. The quantitative estimate of drug-likeness (QED) is 0.0788. The third kappa shape index (κ3) is 13.7. The van der Waals surface area contributed by atoms with E-state index in [0.717, 1.165) is 47.5 Å². The summed E-state index contributed by atoms with van der Waals surface area (Å²) in [6, 6.07) is 24.6. The molecule has 53 heavy (non-hydrogen) atoms. The van der Waals surface area contributed by atoms with Crippen LogP contribution in [0.15, 0.2) is 72.8 Å². The maximum absolute atomic E-state index is 12.7. The molecule has 0 aliphatic carbocycles. The van der Waals surface area contributed by atoms with Gasteiger partial charge in [-0.2, -0.15) is 0 Å². The van der Waals surface area contributed by atoms with Crippen LogP contribution in [0.2, 0.25) is 0 Å². The zero-order chi connectivity index (χ0) is 38.3. The van der Waals surface area contributed by atoms with Gasteiger partial charge in [0.1, 0.15) is 0 Å². The van der Waals surface area contributed by atoms with E-state index in [0.29, 0.717) is 64.2 Å². The van der Waals surface area contributed by atoms with Crippen molar-refractivity contribution < 1.29 is 19.1 Å². The first-order valence-corrected chi connectivity index (χ1v) is 19.0. The predicted molar refractivity (Wildman–Crippen MR) is 209 cm³/mol. The van der Waals surface area contributed by atoms with Crippen molar-refractivity contribution in [3.63, 3.8) is 0 Å². The highest BCUT2D eigenvalue weighted by Crippen LogP contribution is 2.30. The molecule has 0 saturated heterocycles. The van der Waals surface area contributed by atoms with Crippen molar-refractivity contribution in [1.82, 2.24) is 35.8 Å². The maximum atomic E-state index is 12.7. The molecule has 2 aromatic heterocycles. The lowest BCUT2D eigenvalue weighted by Crippen LogP contribution is -2.41. The molecule has 0 saturated carbocycles. The minimum absolute atomic E-state index is 0.00379. The van der Waals surface area contributed by atoms with Crippen molar-refractivity contribution in [2.75, 3.05) is 19.7 Å². The lowest BCUT2D eigenvalue weighted by molar-refractivity contribution is -0.131.